The van der Waals surface area contributed by atoms with Gasteiger partial charge < -0.3 is 10.4 Å². The van der Waals surface area contributed by atoms with Crippen molar-refractivity contribution < 1.29 is 9.90 Å². The van der Waals surface area contributed by atoms with Crippen molar-refractivity contribution in [3.8, 4) is 0 Å². The molecule has 0 fully saturated rings. The smallest absolute Gasteiger partial charge is 0.326 e. The summed E-state index contributed by atoms with van der Waals surface area (Å²) in [5.74, 6) is -0.809. The van der Waals surface area contributed by atoms with Gasteiger partial charge in [-0.3, -0.25) is 0 Å². The predicted octanol–water partition coefficient (Wildman–Crippen LogP) is 2.27. The van der Waals surface area contributed by atoms with E-state index in [9.17, 15) is 4.79 Å². The number of carboxylic acid groups (broad SMARTS) is 1. The van der Waals surface area contributed by atoms with Gasteiger partial charge in [-0.2, -0.15) is 0 Å². The maximum atomic E-state index is 10.8. The van der Waals surface area contributed by atoms with Crippen molar-refractivity contribution in [1.82, 2.24) is 0 Å². The molecule has 0 aromatic heterocycles. The minimum Gasteiger partial charge on any atom is -0.480 e. The molecule has 0 amide bonds. The molecule has 0 bridgehead atoms. The van der Waals surface area contributed by atoms with Crippen LogP contribution in [0.1, 0.15) is 18.9 Å². The SMILES string of the molecule is CC[C@H](Nc1ccccc1C)C(=O)O. The van der Waals surface area contributed by atoms with Crippen molar-refractivity contribution in [2.45, 2.75) is 26.3 Å². The summed E-state index contributed by atoms with van der Waals surface area (Å²) >= 11 is 0. The molecule has 0 saturated heterocycles. The molecule has 2 N–H and O–H groups in total. The number of rotatable bonds is 4. The summed E-state index contributed by atoms with van der Waals surface area (Å²) in [6, 6.07) is 7.17. The van der Waals surface area contributed by atoms with E-state index in [1.54, 1.807) is 0 Å². The van der Waals surface area contributed by atoms with Gasteiger partial charge in [0.1, 0.15) is 6.04 Å². The average Bonchev–Trinajstić information content (AvgIpc) is 2.16. The monoisotopic (exact) mass is 193 g/mol. The molecule has 0 saturated carbocycles. The minimum absolute atomic E-state index is 0.504. The molecule has 0 unspecified atom stereocenters. The van der Waals surface area contributed by atoms with Gasteiger partial charge in [-0.15, -0.1) is 0 Å². The molecule has 3 nitrogen and oxygen atoms in total. The molecule has 1 aromatic carbocycles. The van der Waals surface area contributed by atoms with Crippen LogP contribution in [0.2, 0.25) is 0 Å². The number of nitrogens with one attached hydrogen (secondary N) is 1. The van der Waals surface area contributed by atoms with Gasteiger partial charge in [-0.05, 0) is 25.0 Å². The Hall–Kier alpha value is -1.51. The highest BCUT2D eigenvalue weighted by atomic mass is 16.4. The van der Waals surface area contributed by atoms with Gasteiger partial charge in [0.25, 0.3) is 0 Å². The van der Waals surface area contributed by atoms with Crippen molar-refractivity contribution in [3.05, 3.63) is 29.8 Å². The zero-order valence-electron chi connectivity index (χ0n) is 8.45. The van der Waals surface area contributed by atoms with Gasteiger partial charge in [0.2, 0.25) is 0 Å². The van der Waals surface area contributed by atoms with Crippen molar-refractivity contribution >= 4 is 11.7 Å². The second-order valence-corrected chi connectivity index (χ2v) is 3.26. The summed E-state index contributed by atoms with van der Waals surface area (Å²) in [6.45, 7) is 3.81. The molecule has 14 heavy (non-hydrogen) atoms. The average molecular weight is 193 g/mol. The Morgan fingerprint density at radius 2 is 2.14 bits per heavy atom. The highest BCUT2D eigenvalue weighted by molar-refractivity contribution is 5.77. The number of hydrogen-bond acceptors (Lipinski definition) is 2. The summed E-state index contributed by atoms with van der Waals surface area (Å²) < 4.78 is 0. The van der Waals surface area contributed by atoms with Crippen LogP contribution in [0.4, 0.5) is 5.69 Å². The van der Waals surface area contributed by atoms with E-state index in [0.29, 0.717) is 6.42 Å². The first-order chi connectivity index (χ1) is 6.65. The fraction of sp³-hybridized carbons (Fsp3) is 0.364. The van der Waals surface area contributed by atoms with Crippen LogP contribution in [0, 0.1) is 6.92 Å². The van der Waals surface area contributed by atoms with E-state index in [4.69, 9.17) is 5.11 Å². The lowest BCUT2D eigenvalue weighted by Gasteiger charge is -2.15. The van der Waals surface area contributed by atoms with Gasteiger partial charge in [-0.25, -0.2) is 4.79 Å². The molecule has 1 rings (SSSR count). The van der Waals surface area contributed by atoms with E-state index in [0.717, 1.165) is 11.3 Å². The molecule has 1 aromatic rings. The molecule has 0 heterocycles. The Morgan fingerprint density at radius 3 is 2.64 bits per heavy atom. The van der Waals surface area contributed by atoms with Crippen LogP contribution in [0.15, 0.2) is 24.3 Å². The second kappa shape index (κ2) is 4.65. The molecule has 0 aliphatic rings. The van der Waals surface area contributed by atoms with Crippen molar-refractivity contribution in [2.75, 3.05) is 5.32 Å². The van der Waals surface area contributed by atoms with Crippen LogP contribution in [-0.2, 0) is 4.79 Å². The predicted molar refractivity (Wildman–Crippen MR) is 56.5 cm³/mol. The highest BCUT2D eigenvalue weighted by Crippen LogP contribution is 2.15. The first-order valence-electron chi connectivity index (χ1n) is 4.70. The number of carbonyl (C=O) groups is 1. The Bertz CT molecular complexity index is 323. The summed E-state index contributed by atoms with van der Waals surface area (Å²) in [7, 11) is 0. The zero-order chi connectivity index (χ0) is 10.6. The zero-order valence-corrected chi connectivity index (χ0v) is 8.45. The molecule has 3 heteroatoms. The Labute approximate surface area is 83.8 Å². The molecular formula is C11H15NO2. The number of hydrogen-bond donors (Lipinski definition) is 2. The fourth-order valence-corrected chi connectivity index (χ4v) is 1.26. The Balaban J connectivity index is 2.77. The highest BCUT2D eigenvalue weighted by Gasteiger charge is 2.14. The minimum atomic E-state index is -0.809. The number of para-hydroxylation sites is 1. The summed E-state index contributed by atoms with van der Waals surface area (Å²) in [5, 5.41) is 11.9. The van der Waals surface area contributed by atoms with Crippen LogP contribution >= 0.6 is 0 Å². The van der Waals surface area contributed by atoms with Crippen LogP contribution in [0.3, 0.4) is 0 Å². The van der Waals surface area contributed by atoms with Crippen molar-refractivity contribution in [1.29, 1.82) is 0 Å². The lowest BCUT2D eigenvalue weighted by Crippen LogP contribution is -2.28. The van der Waals surface area contributed by atoms with Gasteiger partial charge in [0, 0.05) is 5.69 Å². The lowest BCUT2D eigenvalue weighted by molar-refractivity contribution is -0.137. The maximum absolute atomic E-state index is 10.8. The van der Waals surface area contributed by atoms with Crippen LogP contribution in [-0.4, -0.2) is 17.1 Å². The van der Waals surface area contributed by atoms with E-state index < -0.39 is 12.0 Å². The second-order valence-electron chi connectivity index (χ2n) is 3.26. The van der Waals surface area contributed by atoms with E-state index in [-0.39, 0.29) is 0 Å². The van der Waals surface area contributed by atoms with Gasteiger partial charge >= 0.3 is 5.97 Å². The number of anilines is 1. The Morgan fingerprint density at radius 1 is 1.50 bits per heavy atom. The first kappa shape index (κ1) is 10.6. The third-order valence-corrected chi connectivity index (χ3v) is 2.18. The number of aliphatic carboxylic acids is 1. The molecule has 0 spiro atoms. The van der Waals surface area contributed by atoms with Gasteiger partial charge in [0.05, 0.1) is 0 Å². The standard InChI is InChI=1S/C11H15NO2/c1-3-9(11(13)14)12-10-7-5-4-6-8(10)2/h4-7,9,12H,3H2,1-2H3,(H,13,14)/t9-/m0/s1. The molecule has 76 valence electrons. The first-order valence-corrected chi connectivity index (χ1v) is 4.70. The quantitative estimate of drug-likeness (QED) is 0.771. The molecule has 0 aliphatic carbocycles. The van der Waals surface area contributed by atoms with E-state index in [1.807, 2.05) is 38.1 Å². The van der Waals surface area contributed by atoms with Crippen molar-refractivity contribution in [2.24, 2.45) is 0 Å². The van der Waals surface area contributed by atoms with Crippen LogP contribution in [0.25, 0.3) is 0 Å². The van der Waals surface area contributed by atoms with E-state index in [1.165, 1.54) is 0 Å². The Kier molecular flexibility index (Phi) is 3.51. The molecule has 0 aliphatic heterocycles. The summed E-state index contributed by atoms with van der Waals surface area (Å²) in [5.41, 5.74) is 1.95. The van der Waals surface area contributed by atoms with E-state index in [2.05, 4.69) is 5.32 Å². The molecule has 0 radical (unpaired) electrons. The fourth-order valence-electron chi connectivity index (χ4n) is 1.26. The number of carboxylic acids is 1. The topological polar surface area (TPSA) is 49.3 Å². The van der Waals surface area contributed by atoms with Crippen molar-refractivity contribution in [3.63, 3.8) is 0 Å². The number of benzene rings is 1. The third-order valence-electron chi connectivity index (χ3n) is 2.18. The molecular weight excluding hydrogens is 178 g/mol. The normalized spacial score (nSPS) is 12.1. The largest absolute Gasteiger partial charge is 0.480 e. The molecule has 1 atom stereocenters. The van der Waals surface area contributed by atoms with Gasteiger partial charge in [-0.1, -0.05) is 25.1 Å². The van der Waals surface area contributed by atoms with Crippen LogP contribution < -0.4 is 5.32 Å². The van der Waals surface area contributed by atoms with Crippen LogP contribution in [0.5, 0.6) is 0 Å². The number of aryl methyl sites for hydroxylation is 1. The summed E-state index contributed by atoms with van der Waals surface area (Å²) in [4.78, 5) is 10.8. The lowest BCUT2D eigenvalue weighted by atomic mass is 10.1. The summed E-state index contributed by atoms with van der Waals surface area (Å²) in [6.07, 6.45) is 0.573. The van der Waals surface area contributed by atoms with Gasteiger partial charge in [0.15, 0.2) is 0 Å². The van der Waals surface area contributed by atoms with E-state index >= 15 is 0 Å². The maximum Gasteiger partial charge on any atom is 0.326 e. The third kappa shape index (κ3) is 2.49.